The summed E-state index contributed by atoms with van der Waals surface area (Å²) in [5.41, 5.74) is 7.48. The maximum atomic E-state index is 12.7. The lowest BCUT2D eigenvalue weighted by atomic mass is 10.1. The van der Waals surface area contributed by atoms with Gasteiger partial charge in [-0.15, -0.1) is 5.43 Å². The van der Waals surface area contributed by atoms with Gasteiger partial charge in [-0.2, -0.15) is 0 Å². The number of halogens is 1. The van der Waals surface area contributed by atoms with E-state index in [1.165, 1.54) is 24.7 Å². The number of nitroso groups, excluding NO2 is 1. The number of sulfone groups is 1. The van der Waals surface area contributed by atoms with Crippen molar-refractivity contribution < 1.29 is 13.3 Å². The monoisotopic (exact) mass is 594 g/mol. The largest absolute Gasteiger partial charge is 0.366 e. The Bertz CT molecular complexity index is 1740. The fourth-order valence-corrected chi connectivity index (χ4v) is 6.71. The van der Waals surface area contributed by atoms with Crippen molar-refractivity contribution >= 4 is 44.4 Å². The molecule has 4 aromatic rings. The van der Waals surface area contributed by atoms with Crippen LogP contribution in [0, 0.1) is 4.91 Å². The van der Waals surface area contributed by atoms with E-state index in [-0.39, 0.29) is 23.5 Å². The molecule has 2 saturated carbocycles. The highest BCUT2D eigenvalue weighted by atomic mass is 35.5. The molecule has 1 saturated heterocycles. The number of pyridine rings is 2. The zero-order valence-electron chi connectivity index (χ0n) is 22.1. The Kier molecular flexibility index (Phi) is 6.50. The predicted octanol–water partition coefficient (Wildman–Crippen LogP) is 3.56. The van der Waals surface area contributed by atoms with Crippen LogP contribution in [0.2, 0.25) is 5.02 Å². The summed E-state index contributed by atoms with van der Waals surface area (Å²) in [6.45, 7) is 1.35. The molecule has 0 spiro atoms. The smallest absolute Gasteiger partial charge is 0.244 e. The van der Waals surface area contributed by atoms with Crippen molar-refractivity contribution in [3.8, 4) is 0 Å². The van der Waals surface area contributed by atoms with Crippen LogP contribution in [0.15, 0.2) is 49.2 Å². The first-order valence-corrected chi connectivity index (χ1v) is 15.9. The zero-order valence-corrected chi connectivity index (χ0v) is 23.7. The van der Waals surface area contributed by atoms with Crippen molar-refractivity contribution in [2.45, 2.75) is 43.7 Å². The first-order valence-electron chi connectivity index (χ1n) is 13.7. The molecule has 12 nitrogen and oxygen atoms in total. The average Bonchev–Trinajstić information content (AvgIpc) is 3.88. The van der Waals surface area contributed by atoms with Gasteiger partial charge in [0, 0.05) is 49.2 Å². The molecule has 2 atom stereocenters. The van der Waals surface area contributed by atoms with Crippen molar-refractivity contribution in [2.24, 2.45) is 0 Å². The number of fused-ring (bicyclic) bond motifs is 1. The lowest BCUT2D eigenvalue weighted by molar-refractivity contribution is -0.534. The van der Waals surface area contributed by atoms with Gasteiger partial charge in [0.15, 0.2) is 21.3 Å². The molecule has 2 aliphatic carbocycles. The van der Waals surface area contributed by atoms with E-state index in [9.17, 15) is 13.3 Å². The van der Waals surface area contributed by atoms with Gasteiger partial charge in [0.25, 0.3) is 0 Å². The van der Waals surface area contributed by atoms with Crippen molar-refractivity contribution in [1.29, 1.82) is 0 Å². The van der Waals surface area contributed by atoms with E-state index in [1.807, 2.05) is 10.6 Å². The molecule has 14 heteroatoms. The van der Waals surface area contributed by atoms with Crippen LogP contribution in [-0.4, -0.2) is 68.3 Å². The highest BCUT2D eigenvalue weighted by Gasteiger charge is 2.53. The van der Waals surface area contributed by atoms with Gasteiger partial charge in [-0.3, -0.25) is 4.98 Å². The van der Waals surface area contributed by atoms with Crippen LogP contribution < -0.4 is 15.6 Å². The summed E-state index contributed by atoms with van der Waals surface area (Å²) in [7, 11) is -2.98. The van der Waals surface area contributed by atoms with Gasteiger partial charge in [-0.05, 0) is 42.5 Å². The van der Waals surface area contributed by atoms with E-state index in [2.05, 4.69) is 42.9 Å². The molecular weight excluding hydrogens is 566 g/mol. The number of aromatic nitrogens is 5. The average molecular weight is 595 g/mol. The number of rotatable bonds is 9. The Hall–Kier alpha value is -3.84. The zero-order chi connectivity index (χ0) is 28.1. The van der Waals surface area contributed by atoms with E-state index >= 15 is 0 Å². The van der Waals surface area contributed by atoms with Crippen molar-refractivity contribution in [2.75, 3.05) is 40.2 Å². The summed E-state index contributed by atoms with van der Waals surface area (Å²) in [6, 6.07) is 7.11. The number of imidazole rings is 1. The summed E-state index contributed by atoms with van der Waals surface area (Å²) in [6.07, 6.45) is 10.2. The van der Waals surface area contributed by atoms with Crippen molar-refractivity contribution in [3.05, 3.63) is 76.1 Å². The molecule has 7 rings (SSSR count). The van der Waals surface area contributed by atoms with Gasteiger partial charge in [-0.25, -0.2) is 23.4 Å². The number of hydrogen-bond donors (Lipinski definition) is 2. The summed E-state index contributed by atoms with van der Waals surface area (Å²) >= 11 is 6.06. The second-order valence-corrected chi connectivity index (χ2v) is 13.7. The Balaban J connectivity index is 1.03. The molecule has 0 radical (unpaired) electrons. The molecule has 41 heavy (non-hydrogen) atoms. The molecule has 1 aliphatic heterocycles. The van der Waals surface area contributed by atoms with Gasteiger partial charge < -0.3 is 14.6 Å². The number of nitrogens with zero attached hydrogens (tertiary/aromatic N) is 7. The fraction of sp³-hybridized carbons (Fsp3) is 0.407. The Morgan fingerprint density at radius 3 is 2.63 bits per heavy atom. The Morgan fingerprint density at radius 1 is 1.05 bits per heavy atom. The van der Waals surface area contributed by atoms with Gasteiger partial charge in [-0.1, -0.05) is 11.6 Å². The quantitative estimate of drug-likeness (QED) is 0.218. The highest BCUT2D eigenvalue weighted by molar-refractivity contribution is 7.91. The minimum Gasteiger partial charge on any atom is -0.366 e. The standard InChI is InChI=1S/C27H29ClN9O3S/c28-19-3-4-29-22(10-19)21-11-23(21)37(38)34-26-12-25(31-16-32-26)30-13-20-15-36-14-18(17-1-2-17)9-24(27(36)33-20)35-5-7-41(39,40)8-6-35/h3-4,9-10,12,14-17,21,23H,1-2,5-8,11,13H2,(H2,30,31,32,34,38)/q+1/t21-,23+/m1/s1. The highest BCUT2D eigenvalue weighted by Crippen LogP contribution is 2.43. The van der Waals surface area contributed by atoms with Gasteiger partial charge in [0.05, 0.1) is 46.0 Å². The number of anilines is 3. The van der Waals surface area contributed by atoms with Crippen LogP contribution in [0.5, 0.6) is 0 Å². The predicted molar refractivity (Wildman–Crippen MR) is 155 cm³/mol. The van der Waals surface area contributed by atoms with E-state index in [4.69, 9.17) is 16.6 Å². The molecule has 4 aromatic heterocycles. The third-order valence-electron chi connectivity index (χ3n) is 7.86. The van der Waals surface area contributed by atoms with Gasteiger partial charge in [0.1, 0.15) is 17.0 Å². The van der Waals surface area contributed by atoms with Gasteiger partial charge in [0.2, 0.25) is 6.04 Å². The Morgan fingerprint density at radius 2 is 1.85 bits per heavy atom. The summed E-state index contributed by atoms with van der Waals surface area (Å²) in [5.74, 6) is 1.83. The third-order valence-corrected chi connectivity index (χ3v) is 9.70. The molecule has 0 unspecified atom stereocenters. The summed E-state index contributed by atoms with van der Waals surface area (Å²) < 4.78 is 26.1. The molecule has 5 heterocycles. The van der Waals surface area contributed by atoms with Crippen LogP contribution >= 0.6 is 11.6 Å². The van der Waals surface area contributed by atoms with E-state index < -0.39 is 9.84 Å². The van der Waals surface area contributed by atoms with Crippen LogP contribution in [0.25, 0.3) is 5.65 Å². The molecule has 3 aliphatic rings. The molecular formula is C27H29ClN9O3S+. The van der Waals surface area contributed by atoms with Gasteiger partial charge >= 0.3 is 0 Å². The fourth-order valence-electron chi connectivity index (χ4n) is 5.34. The van der Waals surface area contributed by atoms with E-state index in [1.54, 1.807) is 24.4 Å². The summed E-state index contributed by atoms with van der Waals surface area (Å²) in [4.78, 5) is 33.4. The van der Waals surface area contributed by atoms with Crippen molar-refractivity contribution in [3.63, 3.8) is 0 Å². The summed E-state index contributed by atoms with van der Waals surface area (Å²) in [5, 5.41) is 3.88. The van der Waals surface area contributed by atoms with Crippen LogP contribution in [-0.2, 0) is 16.4 Å². The maximum Gasteiger partial charge on any atom is 0.244 e. The lowest BCUT2D eigenvalue weighted by Crippen LogP contribution is -2.40. The molecule has 0 aromatic carbocycles. The minimum absolute atomic E-state index is 0.0211. The number of hydrogen-bond acceptors (Lipinski definition) is 9. The maximum absolute atomic E-state index is 12.7. The second kappa shape index (κ2) is 10.2. The topological polar surface area (TPSA) is 137 Å². The SMILES string of the molecule is O=[N+](Nc1cc(NCc2cn3cc(C4CC4)cc(N4CCS(=O)(=O)CC4)c3n2)ncn1)[C@H]1C[C@@H]1c1cc(Cl)ccn1. The molecule has 0 amide bonds. The van der Waals surface area contributed by atoms with Crippen LogP contribution in [0.4, 0.5) is 17.3 Å². The molecule has 2 N–H and O–H groups in total. The minimum atomic E-state index is -2.98. The lowest BCUT2D eigenvalue weighted by Gasteiger charge is -2.29. The van der Waals surface area contributed by atoms with E-state index in [0.29, 0.717) is 48.6 Å². The van der Waals surface area contributed by atoms with Crippen molar-refractivity contribution in [1.82, 2.24) is 24.3 Å². The third kappa shape index (κ3) is 5.68. The first kappa shape index (κ1) is 26.1. The van der Waals surface area contributed by atoms with Crippen LogP contribution in [0.1, 0.15) is 48.0 Å². The molecule has 3 fully saturated rings. The Labute approximate surface area is 241 Å². The second-order valence-electron chi connectivity index (χ2n) is 10.9. The molecule has 0 bridgehead atoms. The number of hydrazine groups is 1. The van der Waals surface area contributed by atoms with E-state index in [0.717, 1.165) is 27.6 Å². The first-order chi connectivity index (χ1) is 19.8. The number of nitrogens with one attached hydrogen (secondary N) is 2. The van der Waals surface area contributed by atoms with Crippen LogP contribution in [0.3, 0.4) is 0 Å². The molecule has 212 valence electrons. The normalized spacial score (nSPS) is 21.5.